The molecule has 19 heavy (non-hydrogen) atoms. The van der Waals surface area contributed by atoms with Crippen LogP contribution in [0.1, 0.15) is 33.3 Å². The Morgan fingerprint density at radius 3 is 2.42 bits per heavy atom. The van der Waals surface area contributed by atoms with Crippen LogP contribution in [0, 0.1) is 0 Å². The number of methoxy groups -OCH3 is 1. The molecule has 0 aliphatic rings. The standard InChI is InChI=1S/C16H27NO2/c1-6-17(7-2)16(3,4)15(18)12-13-9-8-10-14(11-13)19-5/h8-11,15,18H,6-7,12H2,1-5H3. The van der Waals surface area contributed by atoms with E-state index in [9.17, 15) is 5.11 Å². The monoisotopic (exact) mass is 265 g/mol. The Labute approximate surface area is 117 Å². The molecular formula is C16H27NO2. The third-order valence-electron chi connectivity index (χ3n) is 3.96. The van der Waals surface area contributed by atoms with Gasteiger partial charge < -0.3 is 9.84 Å². The lowest BCUT2D eigenvalue weighted by atomic mass is 9.90. The van der Waals surface area contributed by atoms with Crippen molar-refractivity contribution in [2.24, 2.45) is 0 Å². The van der Waals surface area contributed by atoms with Gasteiger partial charge in [-0.2, -0.15) is 0 Å². The van der Waals surface area contributed by atoms with Crippen LogP contribution in [0.4, 0.5) is 0 Å². The summed E-state index contributed by atoms with van der Waals surface area (Å²) >= 11 is 0. The van der Waals surface area contributed by atoms with Gasteiger partial charge in [-0.3, -0.25) is 4.90 Å². The van der Waals surface area contributed by atoms with Crippen LogP contribution in [0.5, 0.6) is 5.75 Å². The number of nitrogens with zero attached hydrogens (tertiary/aromatic N) is 1. The molecule has 1 atom stereocenters. The highest BCUT2D eigenvalue weighted by atomic mass is 16.5. The summed E-state index contributed by atoms with van der Waals surface area (Å²) in [5.74, 6) is 0.838. The highest BCUT2D eigenvalue weighted by Gasteiger charge is 2.32. The third kappa shape index (κ3) is 3.95. The minimum atomic E-state index is -0.403. The van der Waals surface area contributed by atoms with Crippen molar-refractivity contribution in [3.8, 4) is 5.75 Å². The Morgan fingerprint density at radius 2 is 1.89 bits per heavy atom. The quantitative estimate of drug-likeness (QED) is 0.823. The molecule has 3 nitrogen and oxygen atoms in total. The largest absolute Gasteiger partial charge is 0.497 e. The van der Waals surface area contributed by atoms with E-state index in [1.54, 1.807) is 7.11 Å². The fraction of sp³-hybridized carbons (Fsp3) is 0.625. The Morgan fingerprint density at radius 1 is 1.26 bits per heavy atom. The summed E-state index contributed by atoms with van der Waals surface area (Å²) in [6.45, 7) is 10.3. The molecule has 3 heteroatoms. The fourth-order valence-corrected chi connectivity index (χ4v) is 2.52. The third-order valence-corrected chi connectivity index (χ3v) is 3.96. The zero-order valence-electron chi connectivity index (χ0n) is 12.8. The first-order chi connectivity index (χ1) is 8.95. The van der Waals surface area contributed by atoms with Gasteiger partial charge in [-0.05, 0) is 44.6 Å². The Kier molecular flexibility index (Phi) is 5.83. The number of aliphatic hydroxyl groups is 1. The molecule has 0 aromatic heterocycles. The van der Waals surface area contributed by atoms with Crippen LogP contribution in [0.3, 0.4) is 0 Å². The topological polar surface area (TPSA) is 32.7 Å². The van der Waals surface area contributed by atoms with Gasteiger partial charge in [-0.1, -0.05) is 26.0 Å². The molecule has 0 heterocycles. The molecule has 0 bridgehead atoms. The predicted molar refractivity (Wildman–Crippen MR) is 79.7 cm³/mol. The number of hydrogen-bond donors (Lipinski definition) is 1. The van der Waals surface area contributed by atoms with E-state index >= 15 is 0 Å². The van der Waals surface area contributed by atoms with Gasteiger partial charge in [0.05, 0.1) is 13.2 Å². The highest BCUT2D eigenvalue weighted by Crippen LogP contribution is 2.23. The van der Waals surface area contributed by atoms with Crippen molar-refractivity contribution in [3.63, 3.8) is 0 Å². The van der Waals surface area contributed by atoms with E-state index in [2.05, 4.69) is 32.6 Å². The van der Waals surface area contributed by atoms with Crippen LogP contribution in [0.25, 0.3) is 0 Å². The molecule has 1 aromatic rings. The molecule has 0 spiro atoms. The van der Waals surface area contributed by atoms with Gasteiger partial charge in [0.2, 0.25) is 0 Å². The molecule has 0 saturated heterocycles. The average molecular weight is 265 g/mol. The van der Waals surface area contributed by atoms with Crippen LogP contribution in [-0.4, -0.2) is 41.8 Å². The van der Waals surface area contributed by atoms with Crippen LogP contribution in [0.15, 0.2) is 24.3 Å². The maximum atomic E-state index is 10.5. The van der Waals surface area contributed by atoms with Crippen molar-refractivity contribution in [2.75, 3.05) is 20.2 Å². The molecule has 108 valence electrons. The molecule has 1 N–H and O–H groups in total. The Hall–Kier alpha value is -1.06. The molecule has 0 radical (unpaired) electrons. The average Bonchev–Trinajstić information content (AvgIpc) is 2.40. The van der Waals surface area contributed by atoms with Crippen molar-refractivity contribution in [1.29, 1.82) is 0 Å². The predicted octanol–water partition coefficient (Wildman–Crippen LogP) is 2.72. The Balaban J connectivity index is 2.79. The molecule has 0 saturated carbocycles. The minimum Gasteiger partial charge on any atom is -0.497 e. The van der Waals surface area contributed by atoms with E-state index in [-0.39, 0.29) is 5.54 Å². The highest BCUT2D eigenvalue weighted by molar-refractivity contribution is 5.29. The van der Waals surface area contributed by atoms with E-state index in [1.165, 1.54) is 0 Å². The van der Waals surface area contributed by atoms with Gasteiger partial charge >= 0.3 is 0 Å². The fourth-order valence-electron chi connectivity index (χ4n) is 2.52. The minimum absolute atomic E-state index is 0.230. The molecule has 0 fully saturated rings. The van der Waals surface area contributed by atoms with E-state index in [0.29, 0.717) is 6.42 Å². The first-order valence-electron chi connectivity index (χ1n) is 7.01. The van der Waals surface area contributed by atoms with Gasteiger partial charge in [0.25, 0.3) is 0 Å². The number of rotatable bonds is 7. The summed E-state index contributed by atoms with van der Waals surface area (Å²) in [4.78, 5) is 2.29. The summed E-state index contributed by atoms with van der Waals surface area (Å²) in [6.07, 6.45) is 0.236. The molecule has 0 amide bonds. The second-order valence-electron chi connectivity index (χ2n) is 5.40. The summed E-state index contributed by atoms with van der Waals surface area (Å²) in [5, 5.41) is 10.5. The maximum Gasteiger partial charge on any atom is 0.119 e. The van der Waals surface area contributed by atoms with Crippen molar-refractivity contribution in [2.45, 2.75) is 45.8 Å². The van der Waals surface area contributed by atoms with E-state index in [0.717, 1.165) is 24.4 Å². The van der Waals surface area contributed by atoms with E-state index in [4.69, 9.17) is 4.74 Å². The van der Waals surface area contributed by atoms with Crippen molar-refractivity contribution in [1.82, 2.24) is 4.90 Å². The summed E-state index contributed by atoms with van der Waals surface area (Å²) in [5.41, 5.74) is 0.874. The SMILES string of the molecule is CCN(CC)C(C)(C)C(O)Cc1cccc(OC)c1. The summed E-state index contributed by atoms with van der Waals surface area (Å²) < 4.78 is 5.22. The van der Waals surface area contributed by atoms with Crippen molar-refractivity contribution in [3.05, 3.63) is 29.8 Å². The zero-order valence-corrected chi connectivity index (χ0v) is 12.8. The Bertz CT molecular complexity index is 386. The van der Waals surface area contributed by atoms with Crippen molar-refractivity contribution < 1.29 is 9.84 Å². The van der Waals surface area contributed by atoms with Crippen LogP contribution in [-0.2, 0) is 6.42 Å². The summed E-state index contributed by atoms with van der Waals surface area (Å²) in [6, 6.07) is 7.91. The normalized spacial score (nSPS) is 13.6. The summed E-state index contributed by atoms with van der Waals surface area (Å²) in [7, 11) is 1.66. The first-order valence-corrected chi connectivity index (χ1v) is 7.01. The zero-order chi connectivity index (χ0) is 14.5. The number of benzene rings is 1. The second-order valence-corrected chi connectivity index (χ2v) is 5.40. The first kappa shape index (κ1) is 16.0. The van der Waals surface area contributed by atoms with Gasteiger partial charge in [0.15, 0.2) is 0 Å². The van der Waals surface area contributed by atoms with Gasteiger partial charge in [0.1, 0.15) is 5.75 Å². The number of likely N-dealkylation sites (N-methyl/N-ethyl adjacent to an activating group) is 1. The van der Waals surface area contributed by atoms with Crippen LogP contribution < -0.4 is 4.74 Å². The lowest BCUT2D eigenvalue weighted by Gasteiger charge is -2.41. The maximum absolute atomic E-state index is 10.5. The number of ether oxygens (including phenoxy) is 1. The molecule has 0 aliphatic heterocycles. The number of aliphatic hydroxyl groups excluding tert-OH is 1. The lowest BCUT2D eigenvalue weighted by molar-refractivity contribution is -0.00416. The second kappa shape index (κ2) is 6.92. The van der Waals surface area contributed by atoms with E-state index in [1.807, 2.05) is 24.3 Å². The van der Waals surface area contributed by atoms with Crippen LogP contribution in [0.2, 0.25) is 0 Å². The molecule has 1 unspecified atom stereocenters. The lowest BCUT2D eigenvalue weighted by Crippen LogP contribution is -2.53. The van der Waals surface area contributed by atoms with Gasteiger partial charge in [-0.25, -0.2) is 0 Å². The molecule has 1 rings (SSSR count). The smallest absolute Gasteiger partial charge is 0.119 e. The number of hydrogen-bond acceptors (Lipinski definition) is 3. The van der Waals surface area contributed by atoms with Gasteiger partial charge in [0, 0.05) is 12.0 Å². The molecular weight excluding hydrogens is 238 g/mol. The van der Waals surface area contributed by atoms with Crippen molar-refractivity contribution >= 4 is 0 Å². The van der Waals surface area contributed by atoms with Gasteiger partial charge in [-0.15, -0.1) is 0 Å². The molecule has 0 aliphatic carbocycles. The van der Waals surface area contributed by atoms with E-state index < -0.39 is 6.10 Å². The van der Waals surface area contributed by atoms with Crippen LogP contribution >= 0.6 is 0 Å². The molecule has 1 aromatic carbocycles.